The maximum atomic E-state index is 13.1. The Morgan fingerprint density at radius 2 is 1.65 bits per heavy atom. The summed E-state index contributed by atoms with van der Waals surface area (Å²) in [7, 11) is -3.97. The van der Waals surface area contributed by atoms with Gasteiger partial charge in [-0.2, -0.15) is 0 Å². The summed E-state index contributed by atoms with van der Waals surface area (Å²) in [5.41, 5.74) is 1.79. The second kappa shape index (κ2) is 8.75. The zero-order chi connectivity index (χ0) is 22.0. The summed E-state index contributed by atoms with van der Waals surface area (Å²) < 4.78 is 34.2. The van der Waals surface area contributed by atoms with Crippen molar-refractivity contribution in [1.82, 2.24) is 0 Å². The van der Waals surface area contributed by atoms with E-state index in [0.717, 1.165) is 24.0 Å². The van der Waals surface area contributed by atoms with E-state index >= 15 is 0 Å². The molecule has 7 heteroatoms. The van der Waals surface area contributed by atoms with Gasteiger partial charge in [-0.1, -0.05) is 37.5 Å². The summed E-state index contributed by atoms with van der Waals surface area (Å²) in [4.78, 5) is 12.9. The second-order valence-corrected chi connectivity index (χ2v) is 10.1. The van der Waals surface area contributed by atoms with Crippen LogP contribution in [0.3, 0.4) is 0 Å². The average Bonchev–Trinajstić information content (AvgIpc) is 2.73. The molecule has 1 heterocycles. The number of anilines is 2. The fraction of sp³-hybridized carbons (Fsp3) is 0.375. The highest BCUT2D eigenvalue weighted by molar-refractivity contribution is 7.92. The Labute approximate surface area is 182 Å². The summed E-state index contributed by atoms with van der Waals surface area (Å²) in [6.07, 6.45) is 5.94. The Bertz CT molecular complexity index is 1240. The Kier molecular flexibility index (Phi) is 6.05. The van der Waals surface area contributed by atoms with E-state index in [1.54, 1.807) is 24.3 Å². The van der Waals surface area contributed by atoms with Crippen LogP contribution in [-0.2, 0) is 10.0 Å². The predicted molar refractivity (Wildman–Crippen MR) is 124 cm³/mol. The van der Waals surface area contributed by atoms with Crippen molar-refractivity contribution >= 4 is 32.4 Å². The highest BCUT2D eigenvalue weighted by atomic mass is 32.2. The summed E-state index contributed by atoms with van der Waals surface area (Å²) >= 11 is 0. The van der Waals surface area contributed by atoms with Crippen LogP contribution in [0.1, 0.15) is 43.2 Å². The lowest BCUT2D eigenvalue weighted by atomic mass is 9.89. The van der Waals surface area contributed by atoms with E-state index in [2.05, 4.69) is 10.0 Å². The summed E-state index contributed by atoms with van der Waals surface area (Å²) in [6, 6.07) is 12.3. The maximum Gasteiger partial charge on any atom is 0.363 e. The van der Waals surface area contributed by atoms with Crippen LogP contribution in [-0.4, -0.2) is 15.0 Å². The summed E-state index contributed by atoms with van der Waals surface area (Å²) in [5, 5.41) is 4.05. The van der Waals surface area contributed by atoms with Crippen molar-refractivity contribution in [2.45, 2.75) is 50.8 Å². The minimum atomic E-state index is -3.97. The molecule has 0 bridgehead atoms. The van der Waals surface area contributed by atoms with Crippen LogP contribution in [0.25, 0.3) is 11.0 Å². The molecule has 1 fully saturated rings. The third-order valence-corrected chi connectivity index (χ3v) is 7.18. The third kappa shape index (κ3) is 4.77. The zero-order valence-electron chi connectivity index (χ0n) is 17.9. The molecule has 6 nitrogen and oxygen atoms in total. The molecular formula is C24H28N2O4S. The van der Waals surface area contributed by atoms with E-state index in [1.165, 1.54) is 19.3 Å². The van der Waals surface area contributed by atoms with Crippen molar-refractivity contribution < 1.29 is 12.8 Å². The molecule has 0 amide bonds. The number of hydrogen-bond donors (Lipinski definition) is 2. The SMILES string of the molecule is Cc1cc(C)cc(S(=O)(=O)Nc2c(NCC3CCCCC3)c3ccccc3oc2=O)c1. The van der Waals surface area contributed by atoms with Crippen molar-refractivity contribution in [1.29, 1.82) is 0 Å². The van der Waals surface area contributed by atoms with Gasteiger partial charge >= 0.3 is 5.63 Å². The average molecular weight is 441 g/mol. The molecule has 0 saturated heterocycles. The molecule has 3 aromatic rings. The number of sulfonamides is 1. The van der Waals surface area contributed by atoms with Gasteiger partial charge in [-0.15, -0.1) is 0 Å². The van der Waals surface area contributed by atoms with Crippen LogP contribution in [0.5, 0.6) is 0 Å². The van der Waals surface area contributed by atoms with E-state index < -0.39 is 15.6 Å². The molecule has 1 aliphatic rings. The van der Waals surface area contributed by atoms with Gasteiger partial charge < -0.3 is 9.73 Å². The van der Waals surface area contributed by atoms with Crippen LogP contribution in [0, 0.1) is 19.8 Å². The number of hydrogen-bond acceptors (Lipinski definition) is 5. The maximum absolute atomic E-state index is 13.1. The van der Waals surface area contributed by atoms with Crippen LogP contribution >= 0.6 is 0 Å². The lowest BCUT2D eigenvalue weighted by Crippen LogP contribution is -2.23. The molecule has 1 saturated carbocycles. The molecule has 0 radical (unpaired) electrons. The monoisotopic (exact) mass is 440 g/mol. The topological polar surface area (TPSA) is 88.4 Å². The van der Waals surface area contributed by atoms with Crippen LogP contribution in [0.15, 0.2) is 56.6 Å². The van der Waals surface area contributed by atoms with Crippen molar-refractivity contribution in [3.63, 3.8) is 0 Å². The number of aryl methyl sites for hydroxylation is 2. The molecule has 1 aromatic heterocycles. The van der Waals surface area contributed by atoms with E-state index in [9.17, 15) is 13.2 Å². The number of fused-ring (bicyclic) bond motifs is 1. The van der Waals surface area contributed by atoms with E-state index in [0.29, 0.717) is 29.1 Å². The van der Waals surface area contributed by atoms with Gasteiger partial charge in [0.2, 0.25) is 0 Å². The molecule has 164 valence electrons. The molecule has 1 aliphatic carbocycles. The molecule has 0 spiro atoms. The van der Waals surface area contributed by atoms with Crippen molar-refractivity contribution in [2.24, 2.45) is 5.92 Å². The van der Waals surface area contributed by atoms with Gasteiger partial charge in [-0.05, 0) is 68.0 Å². The number of para-hydroxylation sites is 1. The molecular weight excluding hydrogens is 412 g/mol. The van der Waals surface area contributed by atoms with Gasteiger partial charge in [0, 0.05) is 11.9 Å². The lowest BCUT2D eigenvalue weighted by molar-refractivity contribution is 0.373. The van der Waals surface area contributed by atoms with Gasteiger partial charge in [-0.3, -0.25) is 4.72 Å². The fourth-order valence-electron chi connectivity index (χ4n) is 4.35. The standard InChI is InChI=1S/C24H28N2O4S/c1-16-12-17(2)14-19(13-16)31(28,29)26-23-22(25-15-18-8-4-3-5-9-18)20-10-6-7-11-21(20)30-24(23)27/h6-7,10-14,18,25-26H,3-5,8-9,15H2,1-2H3. The molecule has 0 atom stereocenters. The minimum absolute atomic E-state index is 0.0753. The minimum Gasteiger partial charge on any atom is -0.421 e. The molecule has 0 aliphatic heterocycles. The Morgan fingerprint density at radius 3 is 2.35 bits per heavy atom. The van der Waals surface area contributed by atoms with Crippen molar-refractivity contribution in [3.05, 3.63) is 64.0 Å². The van der Waals surface area contributed by atoms with E-state index in [1.807, 2.05) is 32.0 Å². The molecule has 31 heavy (non-hydrogen) atoms. The first kappa shape index (κ1) is 21.4. The number of benzene rings is 2. The molecule has 4 rings (SSSR count). The molecule has 2 aromatic carbocycles. The van der Waals surface area contributed by atoms with Crippen LogP contribution < -0.4 is 15.7 Å². The Morgan fingerprint density at radius 1 is 0.968 bits per heavy atom. The largest absolute Gasteiger partial charge is 0.421 e. The quantitative estimate of drug-likeness (QED) is 0.514. The fourth-order valence-corrected chi connectivity index (χ4v) is 5.60. The van der Waals surface area contributed by atoms with Crippen LogP contribution in [0.4, 0.5) is 11.4 Å². The first-order valence-electron chi connectivity index (χ1n) is 10.7. The van der Waals surface area contributed by atoms with Crippen LogP contribution in [0.2, 0.25) is 0 Å². The van der Waals surface area contributed by atoms with Gasteiger partial charge in [0.05, 0.1) is 10.6 Å². The normalized spacial score (nSPS) is 15.2. The van der Waals surface area contributed by atoms with E-state index in [4.69, 9.17) is 4.42 Å². The first-order valence-corrected chi connectivity index (χ1v) is 12.2. The summed E-state index contributed by atoms with van der Waals surface area (Å²) in [6.45, 7) is 4.37. The Balaban J connectivity index is 1.75. The molecule has 2 N–H and O–H groups in total. The Hall–Kier alpha value is -2.80. The predicted octanol–water partition coefficient (Wildman–Crippen LogP) is 5.20. The first-order chi connectivity index (χ1) is 14.8. The number of nitrogens with one attached hydrogen (secondary N) is 2. The zero-order valence-corrected chi connectivity index (χ0v) is 18.7. The summed E-state index contributed by atoms with van der Waals surface area (Å²) in [5.74, 6) is 0.503. The van der Waals surface area contributed by atoms with Gasteiger partial charge in [0.1, 0.15) is 5.58 Å². The van der Waals surface area contributed by atoms with Crippen molar-refractivity contribution in [3.8, 4) is 0 Å². The smallest absolute Gasteiger partial charge is 0.363 e. The van der Waals surface area contributed by atoms with Gasteiger partial charge in [0.15, 0.2) is 5.69 Å². The van der Waals surface area contributed by atoms with E-state index in [-0.39, 0.29) is 10.6 Å². The van der Waals surface area contributed by atoms with Crippen molar-refractivity contribution in [2.75, 3.05) is 16.6 Å². The van der Waals surface area contributed by atoms with Gasteiger partial charge in [0.25, 0.3) is 10.0 Å². The molecule has 0 unspecified atom stereocenters. The third-order valence-electron chi connectivity index (χ3n) is 5.85. The number of rotatable bonds is 6. The second-order valence-electron chi connectivity index (χ2n) is 8.45. The highest BCUT2D eigenvalue weighted by Gasteiger charge is 2.23. The van der Waals surface area contributed by atoms with Gasteiger partial charge in [-0.25, -0.2) is 13.2 Å². The highest BCUT2D eigenvalue weighted by Crippen LogP contribution is 2.32. The lowest BCUT2D eigenvalue weighted by Gasteiger charge is -2.23.